The van der Waals surface area contributed by atoms with E-state index < -0.39 is 5.97 Å². The van der Waals surface area contributed by atoms with Crippen LogP contribution in [0.25, 0.3) is 0 Å². The second-order valence-corrected chi connectivity index (χ2v) is 10.4. The SMILES string of the molecule is C=NC(=CC=C(C)C(=O)O)N(c1sc2c(c1C)C(C)(C)CCC2(C)C)C1CC1. The van der Waals surface area contributed by atoms with Gasteiger partial charge in [-0.05, 0) is 80.4 Å². The van der Waals surface area contributed by atoms with Crippen LogP contribution in [0, 0.1) is 6.92 Å². The van der Waals surface area contributed by atoms with Crippen molar-refractivity contribution >= 4 is 29.0 Å². The van der Waals surface area contributed by atoms with Crippen molar-refractivity contribution < 1.29 is 9.90 Å². The number of anilines is 1. The number of carbonyl (C=O) groups is 1. The predicted molar refractivity (Wildman–Crippen MR) is 119 cm³/mol. The molecule has 1 aromatic heterocycles. The van der Waals surface area contributed by atoms with Crippen LogP contribution >= 0.6 is 11.3 Å². The van der Waals surface area contributed by atoms with Crippen LogP contribution in [-0.4, -0.2) is 23.8 Å². The number of aliphatic carboxylic acids is 1. The van der Waals surface area contributed by atoms with Gasteiger partial charge in [-0.3, -0.25) is 0 Å². The van der Waals surface area contributed by atoms with Crippen LogP contribution in [0.2, 0.25) is 0 Å². The number of allylic oxidation sites excluding steroid dienone is 2. The van der Waals surface area contributed by atoms with Crippen LogP contribution in [-0.2, 0) is 15.6 Å². The Morgan fingerprint density at radius 2 is 1.82 bits per heavy atom. The summed E-state index contributed by atoms with van der Waals surface area (Å²) in [5, 5.41) is 10.4. The number of thiophene rings is 1. The number of carboxylic acids is 1. The van der Waals surface area contributed by atoms with Crippen molar-refractivity contribution in [1.82, 2.24) is 0 Å². The average Bonchev–Trinajstić information content (AvgIpc) is 3.38. The Labute approximate surface area is 172 Å². The van der Waals surface area contributed by atoms with Crippen molar-refractivity contribution in [2.45, 2.75) is 84.1 Å². The second kappa shape index (κ2) is 7.18. The van der Waals surface area contributed by atoms with E-state index in [1.54, 1.807) is 19.1 Å². The number of rotatable bonds is 6. The zero-order valence-electron chi connectivity index (χ0n) is 17.9. The smallest absolute Gasteiger partial charge is 0.331 e. The molecule has 1 aromatic rings. The Morgan fingerprint density at radius 3 is 2.32 bits per heavy atom. The molecule has 28 heavy (non-hydrogen) atoms. The summed E-state index contributed by atoms with van der Waals surface area (Å²) in [4.78, 5) is 19.2. The Hall–Kier alpha value is -1.88. The third-order valence-corrected chi connectivity index (χ3v) is 7.80. The van der Waals surface area contributed by atoms with Crippen LogP contribution in [0.3, 0.4) is 0 Å². The van der Waals surface area contributed by atoms with Crippen LogP contribution in [0.4, 0.5) is 5.00 Å². The van der Waals surface area contributed by atoms with Crippen LogP contribution in [0.1, 0.15) is 76.3 Å². The highest BCUT2D eigenvalue weighted by atomic mass is 32.1. The Bertz CT molecular complexity index is 869. The summed E-state index contributed by atoms with van der Waals surface area (Å²) in [7, 11) is 0. The molecule has 1 heterocycles. The van der Waals surface area contributed by atoms with E-state index >= 15 is 0 Å². The highest BCUT2D eigenvalue weighted by Crippen LogP contribution is 2.55. The molecule has 3 rings (SSSR count). The maximum absolute atomic E-state index is 11.2. The quantitative estimate of drug-likeness (QED) is 0.365. The van der Waals surface area contributed by atoms with Crippen LogP contribution in [0.5, 0.6) is 0 Å². The van der Waals surface area contributed by atoms with Crippen molar-refractivity contribution in [3.05, 3.63) is 39.6 Å². The molecule has 1 saturated carbocycles. The van der Waals surface area contributed by atoms with E-state index in [9.17, 15) is 4.79 Å². The molecule has 0 bridgehead atoms. The molecular formula is C23H32N2O2S. The van der Waals surface area contributed by atoms with Gasteiger partial charge in [0.2, 0.25) is 0 Å². The van der Waals surface area contributed by atoms with E-state index in [2.05, 4.69) is 51.2 Å². The van der Waals surface area contributed by atoms with Crippen molar-refractivity contribution in [3.63, 3.8) is 0 Å². The van der Waals surface area contributed by atoms with Gasteiger partial charge in [0.1, 0.15) is 10.8 Å². The van der Waals surface area contributed by atoms with Crippen LogP contribution in [0.15, 0.2) is 28.5 Å². The molecule has 0 saturated heterocycles. The molecule has 152 valence electrons. The minimum Gasteiger partial charge on any atom is -0.478 e. The van der Waals surface area contributed by atoms with E-state index in [1.165, 1.54) is 33.8 Å². The molecule has 0 aliphatic heterocycles. The largest absolute Gasteiger partial charge is 0.478 e. The summed E-state index contributed by atoms with van der Waals surface area (Å²) in [6.07, 6.45) is 8.06. The fraction of sp³-hybridized carbons (Fsp3) is 0.565. The van der Waals surface area contributed by atoms with E-state index in [0.29, 0.717) is 11.6 Å². The molecule has 1 N–H and O–H groups in total. The molecule has 5 heteroatoms. The summed E-state index contributed by atoms with van der Waals surface area (Å²) in [6, 6.07) is 0.417. The van der Waals surface area contributed by atoms with Gasteiger partial charge in [0.15, 0.2) is 0 Å². The van der Waals surface area contributed by atoms with Gasteiger partial charge in [0, 0.05) is 16.5 Å². The molecule has 0 atom stereocenters. The first-order valence-corrected chi connectivity index (χ1v) is 10.8. The lowest BCUT2D eigenvalue weighted by atomic mass is 9.66. The van der Waals surface area contributed by atoms with Gasteiger partial charge in [0.05, 0.1) is 0 Å². The lowest BCUT2D eigenvalue weighted by Gasteiger charge is -2.39. The molecule has 1 fully saturated rings. The third kappa shape index (κ3) is 3.69. The highest BCUT2D eigenvalue weighted by molar-refractivity contribution is 7.16. The number of aliphatic imine (C=N–C) groups is 1. The minimum absolute atomic E-state index is 0.171. The normalized spacial score (nSPS) is 21.2. The summed E-state index contributed by atoms with van der Waals surface area (Å²) in [5.74, 6) is -0.177. The van der Waals surface area contributed by atoms with E-state index in [0.717, 1.165) is 18.7 Å². The van der Waals surface area contributed by atoms with Gasteiger partial charge in [0.25, 0.3) is 0 Å². The maximum atomic E-state index is 11.2. The van der Waals surface area contributed by atoms with Crippen LogP contribution < -0.4 is 4.90 Å². The van der Waals surface area contributed by atoms with E-state index in [4.69, 9.17) is 5.11 Å². The minimum atomic E-state index is -0.913. The third-order valence-electron chi connectivity index (χ3n) is 6.15. The predicted octanol–water partition coefficient (Wildman–Crippen LogP) is 5.95. The lowest BCUT2D eigenvalue weighted by Crippen LogP contribution is -2.32. The number of hydrogen-bond donors (Lipinski definition) is 1. The summed E-state index contributed by atoms with van der Waals surface area (Å²) in [6.45, 7) is 17.0. The number of carboxylic acid groups (broad SMARTS) is 1. The maximum Gasteiger partial charge on any atom is 0.331 e. The molecule has 0 amide bonds. The number of hydrogen-bond acceptors (Lipinski definition) is 4. The molecule has 0 spiro atoms. The fourth-order valence-corrected chi connectivity index (χ4v) is 5.86. The summed E-state index contributed by atoms with van der Waals surface area (Å²) < 4.78 is 0. The first-order valence-electron chi connectivity index (χ1n) is 10.0. The molecule has 4 nitrogen and oxygen atoms in total. The first-order chi connectivity index (χ1) is 13.0. The van der Waals surface area contributed by atoms with E-state index in [-0.39, 0.29) is 10.8 Å². The van der Waals surface area contributed by atoms with Crippen molar-refractivity contribution in [3.8, 4) is 0 Å². The van der Waals surface area contributed by atoms with E-state index in [1.807, 2.05) is 11.3 Å². The molecule has 2 aliphatic carbocycles. The van der Waals surface area contributed by atoms with Gasteiger partial charge in [-0.25, -0.2) is 9.79 Å². The zero-order chi connectivity index (χ0) is 20.9. The zero-order valence-corrected chi connectivity index (χ0v) is 18.7. The standard InChI is InChI=1S/C23H32N2O2S/c1-14(21(26)27)8-11-17(24-7)25(16-9-10-16)20-15(2)18-19(28-20)23(5,6)13-12-22(18,3)4/h8,11,16H,7,9-10,12-13H2,1-6H3,(H,26,27). The monoisotopic (exact) mass is 400 g/mol. The van der Waals surface area contributed by atoms with Crippen molar-refractivity contribution in [1.29, 1.82) is 0 Å². The molecule has 2 aliphatic rings. The van der Waals surface area contributed by atoms with Gasteiger partial charge in [-0.2, -0.15) is 0 Å². The molecule has 0 unspecified atom stereocenters. The Morgan fingerprint density at radius 1 is 1.21 bits per heavy atom. The second-order valence-electron chi connectivity index (χ2n) is 9.44. The fourth-order valence-electron chi connectivity index (χ4n) is 4.16. The lowest BCUT2D eigenvalue weighted by molar-refractivity contribution is -0.132. The Kier molecular flexibility index (Phi) is 5.34. The molecule has 0 radical (unpaired) electrons. The topological polar surface area (TPSA) is 52.9 Å². The molecule has 0 aromatic carbocycles. The van der Waals surface area contributed by atoms with Crippen molar-refractivity contribution in [2.24, 2.45) is 4.99 Å². The van der Waals surface area contributed by atoms with Gasteiger partial charge in [-0.15, -0.1) is 11.3 Å². The van der Waals surface area contributed by atoms with Gasteiger partial charge >= 0.3 is 5.97 Å². The van der Waals surface area contributed by atoms with Gasteiger partial charge in [-0.1, -0.05) is 27.7 Å². The average molecular weight is 401 g/mol. The van der Waals surface area contributed by atoms with Crippen molar-refractivity contribution in [2.75, 3.05) is 4.90 Å². The first kappa shape index (κ1) is 20.8. The van der Waals surface area contributed by atoms with Gasteiger partial charge < -0.3 is 10.0 Å². The summed E-state index contributed by atoms with van der Waals surface area (Å²) >= 11 is 1.89. The highest BCUT2D eigenvalue weighted by Gasteiger charge is 2.43. The summed E-state index contributed by atoms with van der Waals surface area (Å²) in [5.41, 5.74) is 3.48. The number of fused-ring (bicyclic) bond motifs is 1. The Balaban J connectivity index is 2.13. The number of nitrogens with zero attached hydrogens (tertiary/aromatic N) is 2. The molecular weight excluding hydrogens is 368 g/mol.